The molecule has 0 spiro atoms. The number of carbonyl (C=O) groups is 7. The zero-order chi connectivity index (χ0) is 66.5. The quantitative estimate of drug-likeness (QED) is 0.0303. The van der Waals surface area contributed by atoms with Crippen LogP contribution in [0.5, 0.6) is 5.75 Å². The molecule has 92 heavy (non-hydrogen) atoms. The number of esters is 1. The van der Waals surface area contributed by atoms with Crippen molar-refractivity contribution in [3.63, 3.8) is 0 Å². The molecule has 25 nitrogen and oxygen atoms in total. The van der Waals surface area contributed by atoms with E-state index in [9.17, 15) is 33.6 Å². The van der Waals surface area contributed by atoms with Crippen LogP contribution in [0, 0.1) is 5.41 Å². The Labute approximate surface area is 542 Å². The van der Waals surface area contributed by atoms with E-state index >= 15 is 0 Å². The normalized spacial score (nSPS) is 22.4. The summed E-state index contributed by atoms with van der Waals surface area (Å²) in [5.74, 6) is 3.86. The van der Waals surface area contributed by atoms with Crippen LogP contribution in [-0.2, 0) is 79.6 Å². The van der Waals surface area contributed by atoms with Crippen LogP contribution in [-0.4, -0.2) is 206 Å². The largest absolute Gasteiger partial charge is 0.495 e. The van der Waals surface area contributed by atoms with Gasteiger partial charge < -0.3 is 78.7 Å². The van der Waals surface area contributed by atoms with Gasteiger partial charge in [0.15, 0.2) is 0 Å². The second-order valence-electron chi connectivity index (χ2n) is 23.2. The minimum atomic E-state index is -1.21. The van der Waals surface area contributed by atoms with Gasteiger partial charge in [-0.05, 0) is 62.9 Å². The molecule has 0 saturated carbocycles. The third-order valence-corrected chi connectivity index (χ3v) is 17.1. The molecule has 7 atom stereocenters. The summed E-state index contributed by atoms with van der Waals surface area (Å²) in [5.41, 5.74) is 4.00. The lowest BCUT2D eigenvalue weighted by atomic mass is 9.80. The number of nitrogens with one attached hydrogen (secondary N) is 3. The van der Waals surface area contributed by atoms with Crippen LogP contribution < -0.4 is 31.0 Å². The molecule has 2 fully saturated rings. The number of para-hydroxylation sites is 1. The van der Waals surface area contributed by atoms with Gasteiger partial charge in [-0.2, -0.15) is 5.10 Å². The number of hydrogen-bond acceptors (Lipinski definition) is 19. The first-order valence-corrected chi connectivity index (χ1v) is 31.3. The number of alkyl carbamates (subject to hydrolysis) is 1. The molecule has 3 aromatic carbocycles. The minimum Gasteiger partial charge on any atom is -0.495 e. The molecule has 0 aromatic heterocycles. The van der Waals surface area contributed by atoms with Gasteiger partial charge >= 0.3 is 12.1 Å². The number of hydrazone groups is 1. The maximum absolute atomic E-state index is 14.3. The summed E-state index contributed by atoms with van der Waals surface area (Å²) in [5, 5.41) is 18.6. The Morgan fingerprint density at radius 2 is 1.53 bits per heavy atom. The van der Waals surface area contributed by atoms with Crippen molar-refractivity contribution in [3.05, 3.63) is 112 Å². The fraction of sp³-hybridized carbons (Fsp3) is 0.530. The van der Waals surface area contributed by atoms with E-state index in [4.69, 9.17) is 65.5 Å². The number of nitrogens with zero attached hydrogens (tertiary/aromatic N) is 5. The Kier molecular flexibility index (Phi) is 27.1. The maximum Gasteiger partial charge on any atom is 0.407 e. The number of methoxy groups -OCH3 is 2. The van der Waals surface area contributed by atoms with E-state index in [1.165, 1.54) is 35.8 Å². The first-order valence-electron chi connectivity index (χ1n) is 30.9. The SMILES string of the molecule is COc1cc2cc(c1Cl)N(C)C(=O)C[C@H](OC(=O)[C@H](C)N(C)C(=O)CCCC(=O)N(C)CCOCCOCCOCCOCCC(=O)NCCC(=O)N1Cc3ccccc3C(=N)C(=NN)c3ccccc31)[C@@]1(C)CC(O1)[C@@H]1CC(NC(=O)O1)[C@H](OC)/C=C/C=C(/C)C2. The number of allylic oxidation sites excluding steroid dienone is 3. The highest BCUT2D eigenvalue weighted by Gasteiger charge is 2.55. The Morgan fingerprint density at radius 1 is 0.880 bits per heavy atom. The fourth-order valence-corrected chi connectivity index (χ4v) is 11.5. The van der Waals surface area contributed by atoms with Crippen molar-refractivity contribution >= 4 is 76.0 Å². The molecule has 2 unspecified atom stereocenters. The summed E-state index contributed by atoms with van der Waals surface area (Å²) < 4.78 is 52.1. The van der Waals surface area contributed by atoms with Gasteiger partial charge in [-0.3, -0.25) is 29.4 Å². The average molecular weight is 1300 g/mol. The first-order chi connectivity index (χ1) is 44.2. The zero-order valence-electron chi connectivity index (χ0n) is 53.8. The van der Waals surface area contributed by atoms with E-state index in [-0.39, 0.29) is 112 Å². The van der Waals surface area contributed by atoms with E-state index in [1.54, 1.807) is 57.3 Å². The van der Waals surface area contributed by atoms with Crippen LogP contribution in [0.4, 0.5) is 16.2 Å². The lowest BCUT2D eigenvalue weighted by Gasteiger charge is -2.52. The van der Waals surface area contributed by atoms with Crippen molar-refractivity contribution < 1.29 is 76.2 Å². The third kappa shape index (κ3) is 19.4. The smallest absolute Gasteiger partial charge is 0.407 e. The lowest BCUT2D eigenvalue weighted by molar-refractivity contribution is -0.273. The molecule has 5 N–H and O–H groups in total. The summed E-state index contributed by atoms with van der Waals surface area (Å²) in [7, 11) is 7.75. The number of halogens is 1. The summed E-state index contributed by atoms with van der Waals surface area (Å²) in [4.78, 5) is 99.7. The molecule has 500 valence electrons. The number of ether oxygens (including phenoxy) is 9. The van der Waals surface area contributed by atoms with E-state index in [0.717, 1.165) is 16.7 Å². The van der Waals surface area contributed by atoms with Crippen molar-refractivity contribution in [2.45, 2.75) is 127 Å². The van der Waals surface area contributed by atoms with Crippen molar-refractivity contribution in [2.24, 2.45) is 10.9 Å². The van der Waals surface area contributed by atoms with Gasteiger partial charge in [-0.1, -0.05) is 77.9 Å². The van der Waals surface area contributed by atoms with Gasteiger partial charge in [0.2, 0.25) is 29.5 Å². The van der Waals surface area contributed by atoms with Crippen molar-refractivity contribution in [3.8, 4) is 5.75 Å². The Bertz CT molecular complexity index is 3190. The van der Waals surface area contributed by atoms with Gasteiger partial charge in [0.05, 0.1) is 108 Å². The van der Waals surface area contributed by atoms with Crippen molar-refractivity contribution in [1.82, 2.24) is 20.4 Å². The number of amides is 6. The zero-order valence-corrected chi connectivity index (χ0v) is 54.6. The maximum atomic E-state index is 14.3. The van der Waals surface area contributed by atoms with Gasteiger partial charge in [0.1, 0.15) is 40.3 Å². The average Bonchev–Trinajstić information content (AvgIpc) is 0.795. The standard InChI is InChI=1S/C66H88ClN9O16/c1-42-15-13-20-51(84-7)48-38-52(90-65(83)71-48)54-40-66(3,92-54)55(39-60(81)75(6)50-36-44(35-42)37-53(85-8)61(50)67)91-64(82)43(2)74(5)58(79)22-14-21-57(78)73(4)26-28-87-30-32-89-34-33-88-31-29-86-27-24-56(77)70-25-23-59(80)76-41-45-16-9-10-17-46(45)62(68)63(72-69)47-18-11-12-19-49(47)76/h9-13,15-20,36-37,43,48,51-52,54-55,68H,14,21-35,38-41,69H2,1-8H3,(H,70,77)(H,71,83)/b20-13+,42-15-,68-62?,72-63?/t43-,48?,51+,52-,54?,55-,66+/m0/s1. The summed E-state index contributed by atoms with van der Waals surface area (Å²) in [6, 6.07) is 16.6. The topological polar surface area (TPSA) is 302 Å². The van der Waals surface area contributed by atoms with Crippen molar-refractivity contribution in [2.75, 3.05) is 111 Å². The van der Waals surface area contributed by atoms with Crippen LogP contribution in [0.25, 0.3) is 0 Å². The Hall–Kier alpha value is -7.78. The van der Waals surface area contributed by atoms with Crippen LogP contribution in [0.3, 0.4) is 0 Å². The number of anilines is 2. The highest BCUT2D eigenvalue weighted by Crippen LogP contribution is 2.43. The number of nitrogens with two attached hydrogens (primary N) is 1. The number of fused-ring (bicyclic) bond motifs is 8. The Balaban J connectivity index is 0.754. The number of carbonyl (C=O) groups excluding carboxylic acids is 7. The number of benzene rings is 3. The highest BCUT2D eigenvalue weighted by molar-refractivity contribution is 6.53. The van der Waals surface area contributed by atoms with Crippen LogP contribution in [0.2, 0.25) is 5.02 Å². The second-order valence-corrected chi connectivity index (χ2v) is 23.6. The van der Waals surface area contributed by atoms with Gasteiger partial charge in [-0.15, -0.1) is 0 Å². The predicted octanol–water partition coefficient (Wildman–Crippen LogP) is 5.82. The highest BCUT2D eigenvalue weighted by atomic mass is 35.5. The third-order valence-electron chi connectivity index (χ3n) is 16.7. The summed E-state index contributed by atoms with van der Waals surface area (Å²) >= 11 is 6.82. The number of hydrogen-bond donors (Lipinski definition) is 4. The molecule has 5 aliphatic rings. The molecule has 0 radical (unpaired) electrons. The molecular formula is C66H88ClN9O16. The molecule has 26 heteroatoms. The van der Waals surface area contributed by atoms with E-state index in [0.29, 0.717) is 80.7 Å². The van der Waals surface area contributed by atoms with E-state index in [1.807, 2.05) is 61.5 Å². The molecule has 0 aliphatic carbocycles. The van der Waals surface area contributed by atoms with Crippen molar-refractivity contribution in [1.29, 1.82) is 5.41 Å². The molecule has 2 saturated heterocycles. The lowest BCUT2D eigenvalue weighted by Crippen LogP contribution is -2.64. The predicted molar refractivity (Wildman–Crippen MR) is 344 cm³/mol. The summed E-state index contributed by atoms with van der Waals surface area (Å²) in [6.07, 6.45) is 3.35. The van der Waals surface area contributed by atoms with E-state index < -0.39 is 66.0 Å². The number of rotatable bonds is 27. The molecule has 3 aromatic rings. The Morgan fingerprint density at radius 3 is 2.22 bits per heavy atom. The monoisotopic (exact) mass is 1300 g/mol. The van der Waals surface area contributed by atoms with E-state index in [2.05, 4.69) is 15.7 Å². The van der Waals surface area contributed by atoms with Crippen LogP contribution >= 0.6 is 11.6 Å². The molecule has 5 aliphatic heterocycles. The molecule has 6 amide bonds. The first kappa shape index (κ1) is 71.7. The summed E-state index contributed by atoms with van der Waals surface area (Å²) in [6.45, 7) is 8.15. The fourth-order valence-electron chi connectivity index (χ4n) is 11.1. The van der Waals surface area contributed by atoms with Gasteiger partial charge in [0.25, 0.3) is 0 Å². The van der Waals surface area contributed by atoms with Gasteiger partial charge in [-0.25, -0.2) is 9.59 Å². The molecule has 8 rings (SSSR count). The van der Waals surface area contributed by atoms with Gasteiger partial charge in [0, 0.05) is 91.0 Å². The number of likely N-dealkylation sites (N-methyl/N-ethyl adjacent to an activating group) is 2. The second kappa shape index (κ2) is 34.8. The molecular weight excluding hydrogens is 1210 g/mol. The van der Waals surface area contributed by atoms with Crippen LogP contribution in [0.1, 0.15) is 94.4 Å². The molecule has 6 bridgehead atoms. The van der Waals surface area contributed by atoms with Crippen LogP contribution in [0.15, 0.2) is 89.6 Å². The minimum absolute atomic E-state index is 0.0241. The molecule has 5 heterocycles.